The van der Waals surface area contributed by atoms with Gasteiger partial charge in [0.05, 0.1) is 4.90 Å². The van der Waals surface area contributed by atoms with Gasteiger partial charge in [0.25, 0.3) is 10.0 Å². The van der Waals surface area contributed by atoms with Crippen LogP contribution in [0, 0.1) is 0 Å². The van der Waals surface area contributed by atoms with Crippen LogP contribution >= 0.6 is 23.5 Å². The Labute approximate surface area is 133 Å². The van der Waals surface area contributed by atoms with Crippen molar-refractivity contribution >= 4 is 39.3 Å². The van der Waals surface area contributed by atoms with Gasteiger partial charge in [-0.3, -0.25) is 4.79 Å². The van der Waals surface area contributed by atoms with Crippen molar-refractivity contribution in [3.05, 3.63) is 54.4 Å². The first kappa shape index (κ1) is 16.2. The molecule has 0 unspecified atom stereocenters. The number of nitrogens with zero attached hydrogens (tertiary/aromatic N) is 1. The highest BCUT2D eigenvalue weighted by atomic mass is 32.2. The number of Topliss-reactive ketones (excluding diaryl/α,β-unsaturated/α-hetero) is 1. The summed E-state index contributed by atoms with van der Waals surface area (Å²) < 4.78 is 26.0. The zero-order chi connectivity index (χ0) is 15.5. The van der Waals surface area contributed by atoms with Crippen LogP contribution in [-0.4, -0.2) is 35.3 Å². The van der Waals surface area contributed by atoms with Crippen LogP contribution in [0.2, 0.25) is 0 Å². The molecule has 4 nitrogen and oxygen atoms in total. The van der Waals surface area contributed by atoms with E-state index in [0.29, 0.717) is 0 Å². The molecule has 0 atom stereocenters. The molecule has 0 saturated carbocycles. The highest BCUT2D eigenvalue weighted by Crippen LogP contribution is 2.25. The minimum atomic E-state index is -3.74. The fourth-order valence-corrected chi connectivity index (χ4v) is 4.71. The van der Waals surface area contributed by atoms with Crippen LogP contribution in [-0.2, 0) is 10.0 Å². The SMILES string of the molecule is CSC(SC)C(=O)c1cccn1S(=O)(=O)c1ccccc1. The van der Waals surface area contributed by atoms with Gasteiger partial charge in [-0.1, -0.05) is 18.2 Å². The predicted octanol–water partition coefficient (Wildman–Crippen LogP) is 2.96. The number of hydrogen-bond donors (Lipinski definition) is 0. The molecule has 0 aliphatic heterocycles. The number of carbonyl (C=O) groups excluding carboxylic acids is 1. The highest BCUT2D eigenvalue weighted by Gasteiger charge is 2.26. The fraction of sp³-hybridized carbons (Fsp3) is 0.214. The quantitative estimate of drug-likeness (QED) is 0.597. The van der Waals surface area contributed by atoms with E-state index in [0.717, 1.165) is 3.97 Å². The molecule has 1 heterocycles. The van der Waals surface area contributed by atoms with Gasteiger partial charge in [-0.25, -0.2) is 12.4 Å². The highest BCUT2D eigenvalue weighted by molar-refractivity contribution is 8.17. The maximum Gasteiger partial charge on any atom is 0.268 e. The Balaban J connectivity index is 2.48. The molecule has 0 radical (unpaired) electrons. The topological polar surface area (TPSA) is 56.1 Å². The zero-order valence-electron chi connectivity index (χ0n) is 11.6. The van der Waals surface area contributed by atoms with Gasteiger partial charge in [0.1, 0.15) is 10.3 Å². The van der Waals surface area contributed by atoms with Crippen LogP contribution in [0.25, 0.3) is 0 Å². The summed E-state index contributed by atoms with van der Waals surface area (Å²) in [4.78, 5) is 12.6. The molecule has 2 rings (SSSR count). The van der Waals surface area contributed by atoms with Gasteiger partial charge in [-0.05, 0) is 36.8 Å². The third kappa shape index (κ3) is 3.20. The average Bonchev–Trinajstić information content (AvgIpc) is 2.99. The van der Waals surface area contributed by atoms with Crippen molar-refractivity contribution in [1.29, 1.82) is 0 Å². The van der Waals surface area contributed by atoms with Crippen LogP contribution in [0.4, 0.5) is 0 Å². The summed E-state index contributed by atoms with van der Waals surface area (Å²) in [6, 6.07) is 11.2. The van der Waals surface area contributed by atoms with Gasteiger partial charge in [0.2, 0.25) is 5.78 Å². The molecule has 0 spiro atoms. The maximum atomic E-state index is 12.6. The molecule has 0 amide bonds. The Morgan fingerprint density at radius 3 is 2.24 bits per heavy atom. The van der Waals surface area contributed by atoms with E-state index in [4.69, 9.17) is 0 Å². The second kappa shape index (κ2) is 6.72. The normalized spacial score (nSPS) is 11.8. The monoisotopic (exact) mass is 341 g/mol. The summed E-state index contributed by atoms with van der Waals surface area (Å²) in [7, 11) is -3.74. The van der Waals surface area contributed by atoms with Gasteiger partial charge in [-0.15, -0.1) is 23.5 Å². The molecule has 21 heavy (non-hydrogen) atoms. The summed E-state index contributed by atoms with van der Waals surface area (Å²) >= 11 is 2.79. The standard InChI is InChI=1S/C14H15NO3S3/c1-19-14(20-2)13(16)12-9-6-10-15(12)21(17,18)11-7-4-3-5-8-11/h3-10,14H,1-2H3. The number of benzene rings is 1. The van der Waals surface area contributed by atoms with E-state index in [9.17, 15) is 13.2 Å². The third-order valence-electron chi connectivity index (χ3n) is 2.91. The van der Waals surface area contributed by atoms with E-state index in [2.05, 4.69) is 0 Å². The Bertz CT molecular complexity index is 719. The second-order valence-corrected chi connectivity index (χ2v) is 8.17. The Morgan fingerprint density at radius 2 is 1.67 bits per heavy atom. The molecular weight excluding hydrogens is 326 g/mol. The van der Waals surface area contributed by atoms with Crippen molar-refractivity contribution in [2.24, 2.45) is 0 Å². The lowest BCUT2D eigenvalue weighted by molar-refractivity contribution is 0.100. The summed E-state index contributed by atoms with van der Waals surface area (Å²) in [5.41, 5.74) is 0.188. The van der Waals surface area contributed by atoms with Crippen LogP contribution in [0.15, 0.2) is 53.6 Å². The van der Waals surface area contributed by atoms with Crippen LogP contribution < -0.4 is 0 Å². The van der Waals surface area contributed by atoms with Gasteiger partial charge in [0, 0.05) is 6.20 Å². The molecule has 2 aromatic rings. The lowest BCUT2D eigenvalue weighted by atomic mass is 10.3. The first-order valence-electron chi connectivity index (χ1n) is 6.10. The largest absolute Gasteiger partial charge is 0.290 e. The smallest absolute Gasteiger partial charge is 0.268 e. The summed E-state index contributed by atoms with van der Waals surface area (Å²) in [6.07, 6.45) is 5.07. The molecular formula is C14H15NO3S3. The van der Waals surface area contributed by atoms with Crippen molar-refractivity contribution in [3.8, 4) is 0 Å². The number of hydrogen-bond acceptors (Lipinski definition) is 5. The molecule has 1 aromatic heterocycles. The molecule has 0 bridgehead atoms. The van der Waals surface area contributed by atoms with Gasteiger partial charge in [0.15, 0.2) is 0 Å². The van der Waals surface area contributed by atoms with Crippen molar-refractivity contribution in [3.63, 3.8) is 0 Å². The number of ketones is 1. The number of carbonyl (C=O) groups is 1. The molecule has 7 heteroatoms. The number of rotatable bonds is 6. The number of aromatic nitrogens is 1. The second-order valence-electron chi connectivity index (χ2n) is 4.17. The Morgan fingerprint density at radius 1 is 1.05 bits per heavy atom. The third-order valence-corrected chi connectivity index (χ3v) is 7.05. The van der Waals surface area contributed by atoms with E-state index >= 15 is 0 Å². The van der Waals surface area contributed by atoms with Crippen molar-refractivity contribution in [1.82, 2.24) is 3.97 Å². The zero-order valence-corrected chi connectivity index (χ0v) is 14.0. The predicted molar refractivity (Wildman–Crippen MR) is 88.6 cm³/mol. The molecule has 0 aliphatic carbocycles. The van der Waals surface area contributed by atoms with Crippen molar-refractivity contribution in [2.45, 2.75) is 9.48 Å². The minimum Gasteiger partial charge on any atom is -0.290 e. The van der Waals surface area contributed by atoms with E-state index in [1.165, 1.54) is 41.9 Å². The van der Waals surface area contributed by atoms with Gasteiger partial charge in [-0.2, -0.15) is 0 Å². The molecule has 1 aromatic carbocycles. The van der Waals surface area contributed by atoms with E-state index < -0.39 is 10.0 Å². The molecule has 0 fully saturated rings. The molecule has 0 aliphatic rings. The first-order valence-corrected chi connectivity index (χ1v) is 10.1. The van der Waals surface area contributed by atoms with Gasteiger partial charge < -0.3 is 0 Å². The maximum absolute atomic E-state index is 12.6. The van der Waals surface area contributed by atoms with E-state index in [1.54, 1.807) is 30.3 Å². The fourth-order valence-electron chi connectivity index (χ4n) is 1.90. The minimum absolute atomic E-state index is 0.167. The van der Waals surface area contributed by atoms with Gasteiger partial charge >= 0.3 is 0 Å². The van der Waals surface area contributed by atoms with Crippen LogP contribution in [0.1, 0.15) is 10.5 Å². The van der Waals surface area contributed by atoms with E-state index in [1.807, 2.05) is 12.5 Å². The average molecular weight is 341 g/mol. The Kier molecular flexibility index (Phi) is 5.18. The van der Waals surface area contributed by atoms with Crippen molar-refractivity contribution < 1.29 is 13.2 Å². The molecule has 112 valence electrons. The van der Waals surface area contributed by atoms with Crippen LogP contribution in [0.5, 0.6) is 0 Å². The van der Waals surface area contributed by atoms with Crippen LogP contribution in [0.3, 0.4) is 0 Å². The van der Waals surface area contributed by atoms with Crippen molar-refractivity contribution in [2.75, 3.05) is 12.5 Å². The molecule has 0 saturated heterocycles. The number of thioether (sulfide) groups is 2. The summed E-state index contributed by atoms with van der Waals surface area (Å²) in [6.45, 7) is 0. The summed E-state index contributed by atoms with van der Waals surface area (Å²) in [5.74, 6) is -0.195. The Hall–Kier alpha value is -1.18. The first-order chi connectivity index (χ1) is 10.0. The lowest BCUT2D eigenvalue weighted by Crippen LogP contribution is -2.22. The van der Waals surface area contributed by atoms with E-state index in [-0.39, 0.29) is 21.0 Å². The lowest BCUT2D eigenvalue weighted by Gasteiger charge is -2.13. The summed E-state index contributed by atoms with van der Waals surface area (Å²) in [5, 5.41) is 0. The molecule has 0 N–H and O–H groups in total.